The summed E-state index contributed by atoms with van der Waals surface area (Å²) in [6.07, 6.45) is 0. The number of rotatable bonds is 3. The maximum absolute atomic E-state index is 11.2. The Morgan fingerprint density at radius 3 is 2.55 bits per heavy atom. The summed E-state index contributed by atoms with van der Waals surface area (Å²) in [5.41, 5.74) is 1.89. The number of phenols is 1. The predicted octanol–water partition coefficient (Wildman–Crippen LogP) is 3.92. The van der Waals surface area contributed by atoms with Crippen molar-refractivity contribution in [3.05, 3.63) is 60.2 Å². The lowest BCUT2D eigenvalue weighted by Crippen LogP contribution is -1.96. The van der Waals surface area contributed by atoms with E-state index in [-0.39, 0.29) is 11.3 Å². The van der Waals surface area contributed by atoms with Crippen molar-refractivity contribution in [3.8, 4) is 22.6 Å². The van der Waals surface area contributed by atoms with E-state index in [1.165, 1.54) is 13.2 Å². The molecule has 0 saturated heterocycles. The van der Waals surface area contributed by atoms with E-state index in [2.05, 4.69) is 0 Å². The van der Waals surface area contributed by atoms with Crippen molar-refractivity contribution in [2.45, 2.75) is 0 Å². The number of phenolic OH excluding ortho intramolecular Hbond substituents is 1. The first-order valence-electron chi connectivity index (χ1n) is 6.73. The number of carbonyl (C=O) groups is 1. The van der Waals surface area contributed by atoms with Crippen LogP contribution in [0.3, 0.4) is 0 Å². The molecular weight excluding hydrogens is 280 g/mol. The molecule has 2 N–H and O–H groups in total. The van der Waals surface area contributed by atoms with Gasteiger partial charge in [-0.2, -0.15) is 0 Å². The zero-order chi connectivity index (χ0) is 15.7. The minimum Gasteiger partial charge on any atom is -0.508 e. The largest absolute Gasteiger partial charge is 0.508 e. The first kappa shape index (κ1) is 13.9. The molecule has 0 saturated carbocycles. The molecule has 0 bridgehead atoms. The van der Waals surface area contributed by atoms with Gasteiger partial charge in [-0.1, -0.05) is 24.3 Å². The standard InChI is InChI=1S/C18H14O4/c1-22-17-10-13(19)7-8-15(17)14-4-2-3-11-5-6-12(18(20)21)9-16(11)14/h2-10,19H,1H3,(H,20,21). The molecule has 3 rings (SSSR count). The number of aromatic carboxylic acids is 1. The van der Waals surface area contributed by atoms with Crippen LogP contribution in [0.15, 0.2) is 54.6 Å². The van der Waals surface area contributed by atoms with Gasteiger partial charge in [0, 0.05) is 11.6 Å². The van der Waals surface area contributed by atoms with E-state index >= 15 is 0 Å². The molecule has 0 aliphatic heterocycles. The zero-order valence-corrected chi connectivity index (χ0v) is 11.9. The van der Waals surface area contributed by atoms with E-state index < -0.39 is 5.97 Å². The highest BCUT2D eigenvalue weighted by molar-refractivity contribution is 6.02. The Labute approximate surface area is 127 Å². The van der Waals surface area contributed by atoms with Gasteiger partial charge in [0.05, 0.1) is 12.7 Å². The van der Waals surface area contributed by atoms with Gasteiger partial charge in [0.2, 0.25) is 0 Å². The van der Waals surface area contributed by atoms with Gasteiger partial charge in [0.1, 0.15) is 11.5 Å². The summed E-state index contributed by atoms with van der Waals surface area (Å²) in [6, 6.07) is 15.6. The fraction of sp³-hybridized carbons (Fsp3) is 0.0556. The van der Waals surface area contributed by atoms with E-state index in [1.807, 2.05) is 18.2 Å². The molecule has 0 spiro atoms. The molecule has 0 fully saturated rings. The van der Waals surface area contributed by atoms with Crippen molar-refractivity contribution in [3.63, 3.8) is 0 Å². The van der Waals surface area contributed by atoms with E-state index in [0.717, 1.165) is 21.9 Å². The second-order valence-electron chi connectivity index (χ2n) is 4.93. The van der Waals surface area contributed by atoms with Crippen LogP contribution < -0.4 is 4.74 Å². The van der Waals surface area contributed by atoms with E-state index in [9.17, 15) is 15.0 Å². The predicted molar refractivity (Wildman–Crippen MR) is 84.6 cm³/mol. The van der Waals surface area contributed by atoms with Crippen molar-refractivity contribution in [1.29, 1.82) is 0 Å². The van der Waals surface area contributed by atoms with Crippen LogP contribution in [0, 0.1) is 0 Å². The Bertz CT molecular complexity index is 868. The number of hydrogen-bond acceptors (Lipinski definition) is 3. The first-order chi connectivity index (χ1) is 10.6. The van der Waals surface area contributed by atoms with Gasteiger partial charge in [-0.05, 0) is 40.6 Å². The fourth-order valence-corrected chi connectivity index (χ4v) is 2.54. The summed E-state index contributed by atoms with van der Waals surface area (Å²) in [7, 11) is 1.53. The SMILES string of the molecule is COc1cc(O)ccc1-c1cccc2ccc(C(=O)O)cc12. The van der Waals surface area contributed by atoms with Crippen molar-refractivity contribution in [2.24, 2.45) is 0 Å². The lowest BCUT2D eigenvalue weighted by molar-refractivity contribution is 0.0697. The zero-order valence-electron chi connectivity index (χ0n) is 11.9. The molecule has 110 valence electrons. The van der Waals surface area contributed by atoms with Crippen LogP contribution >= 0.6 is 0 Å². The average Bonchev–Trinajstić information content (AvgIpc) is 2.53. The molecule has 0 atom stereocenters. The highest BCUT2D eigenvalue weighted by Gasteiger charge is 2.12. The van der Waals surface area contributed by atoms with Crippen molar-refractivity contribution >= 4 is 16.7 Å². The monoisotopic (exact) mass is 294 g/mol. The number of carboxylic acid groups (broad SMARTS) is 1. The third-order valence-corrected chi connectivity index (χ3v) is 3.60. The maximum atomic E-state index is 11.2. The molecule has 0 aliphatic carbocycles. The molecule has 4 nitrogen and oxygen atoms in total. The summed E-state index contributed by atoms with van der Waals surface area (Å²) in [5.74, 6) is -0.310. The molecule has 0 aliphatic rings. The van der Waals surface area contributed by atoms with Crippen molar-refractivity contribution < 1.29 is 19.7 Å². The Morgan fingerprint density at radius 2 is 1.82 bits per heavy atom. The number of benzene rings is 3. The number of methoxy groups -OCH3 is 1. The van der Waals surface area contributed by atoms with Crippen LogP contribution in [0.25, 0.3) is 21.9 Å². The van der Waals surface area contributed by atoms with Crippen molar-refractivity contribution in [1.82, 2.24) is 0 Å². The fourth-order valence-electron chi connectivity index (χ4n) is 2.54. The van der Waals surface area contributed by atoms with E-state index in [4.69, 9.17) is 4.74 Å². The normalized spacial score (nSPS) is 10.6. The van der Waals surface area contributed by atoms with Gasteiger partial charge in [-0.15, -0.1) is 0 Å². The van der Waals surface area contributed by atoms with Gasteiger partial charge >= 0.3 is 5.97 Å². The Kier molecular flexibility index (Phi) is 3.43. The molecule has 3 aromatic rings. The topological polar surface area (TPSA) is 66.8 Å². The summed E-state index contributed by atoms with van der Waals surface area (Å²) >= 11 is 0. The number of hydrogen-bond donors (Lipinski definition) is 2. The highest BCUT2D eigenvalue weighted by atomic mass is 16.5. The number of fused-ring (bicyclic) bond motifs is 1. The Morgan fingerprint density at radius 1 is 1.00 bits per heavy atom. The molecule has 0 unspecified atom stereocenters. The van der Waals surface area contributed by atoms with E-state index in [1.54, 1.807) is 30.3 Å². The third-order valence-electron chi connectivity index (χ3n) is 3.60. The summed E-state index contributed by atoms with van der Waals surface area (Å²) < 4.78 is 5.33. The van der Waals surface area contributed by atoms with Crippen LogP contribution in [-0.2, 0) is 0 Å². The molecule has 0 amide bonds. The molecule has 22 heavy (non-hydrogen) atoms. The molecule has 3 aromatic carbocycles. The third kappa shape index (κ3) is 2.35. The summed E-state index contributed by atoms with van der Waals surface area (Å²) in [4.78, 5) is 11.2. The smallest absolute Gasteiger partial charge is 0.335 e. The number of ether oxygens (including phenoxy) is 1. The minimum atomic E-state index is -0.964. The quantitative estimate of drug-likeness (QED) is 0.768. The van der Waals surface area contributed by atoms with Crippen LogP contribution in [0.1, 0.15) is 10.4 Å². The van der Waals surface area contributed by atoms with Crippen LogP contribution in [0.5, 0.6) is 11.5 Å². The maximum Gasteiger partial charge on any atom is 0.335 e. The average molecular weight is 294 g/mol. The van der Waals surface area contributed by atoms with Gasteiger partial charge in [0.15, 0.2) is 0 Å². The molecule has 0 radical (unpaired) electrons. The second-order valence-corrected chi connectivity index (χ2v) is 4.93. The highest BCUT2D eigenvalue weighted by Crippen LogP contribution is 2.37. The molecule has 0 aromatic heterocycles. The second kappa shape index (κ2) is 5.41. The molecule has 0 heterocycles. The molecule has 4 heteroatoms. The van der Waals surface area contributed by atoms with Crippen LogP contribution in [0.2, 0.25) is 0 Å². The minimum absolute atomic E-state index is 0.118. The van der Waals surface area contributed by atoms with E-state index in [0.29, 0.717) is 5.75 Å². The summed E-state index contributed by atoms with van der Waals surface area (Å²) in [5, 5.41) is 20.5. The number of carboxylic acids is 1. The van der Waals surface area contributed by atoms with Gasteiger partial charge in [-0.25, -0.2) is 4.79 Å². The van der Waals surface area contributed by atoms with Crippen molar-refractivity contribution in [2.75, 3.05) is 7.11 Å². The molecular formula is C18H14O4. The lowest BCUT2D eigenvalue weighted by atomic mass is 9.96. The van der Waals surface area contributed by atoms with Crippen LogP contribution in [0.4, 0.5) is 0 Å². The van der Waals surface area contributed by atoms with Gasteiger partial charge < -0.3 is 14.9 Å². The van der Waals surface area contributed by atoms with Crippen LogP contribution in [-0.4, -0.2) is 23.3 Å². The first-order valence-corrected chi connectivity index (χ1v) is 6.73. The van der Waals surface area contributed by atoms with Gasteiger partial charge in [-0.3, -0.25) is 0 Å². The lowest BCUT2D eigenvalue weighted by Gasteiger charge is -2.12. The van der Waals surface area contributed by atoms with Gasteiger partial charge in [0.25, 0.3) is 0 Å². The Balaban J connectivity index is 2.31. The Hall–Kier alpha value is -3.01. The number of aromatic hydroxyl groups is 1. The summed E-state index contributed by atoms with van der Waals surface area (Å²) in [6.45, 7) is 0.